The Hall–Kier alpha value is -0.220. The quantitative estimate of drug-likeness (QED) is 0.808. The van der Waals surface area contributed by atoms with Crippen LogP contribution in [0.4, 0.5) is 8.78 Å². The Bertz CT molecular complexity index is 221. The number of rotatable bonds is 4. The number of hydrogen-bond donors (Lipinski definition) is 1. The molecule has 2 atom stereocenters. The monoisotopic (exact) mass is 235 g/mol. The highest BCUT2D eigenvalue weighted by molar-refractivity contribution is 4.89. The minimum Gasteiger partial charge on any atom is -0.392 e. The summed E-state index contributed by atoms with van der Waals surface area (Å²) in [5.41, 5.74) is -0.0748. The number of aliphatic hydroxyl groups excluding tert-OH is 1. The SMILES string of the molecule is CN(CC(F)F)CC1CCCC(C)(C)C1O. The van der Waals surface area contributed by atoms with Gasteiger partial charge in [0, 0.05) is 6.54 Å². The van der Waals surface area contributed by atoms with Crippen molar-refractivity contribution >= 4 is 0 Å². The van der Waals surface area contributed by atoms with E-state index in [1.54, 1.807) is 11.9 Å². The van der Waals surface area contributed by atoms with E-state index in [0.29, 0.717) is 6.54 Å². The molecule has 2 nitrogen and oxygen atoms in total. The molecule has 1 N–H and O–H groups in total. The van der Waals surface area contributed by atoms with Gasteiger partial charge in [-0.15, -0.1) is 0 Å². The maximum atomic E-state index is 12.2. The molecular weight excluding hydrogens is 212 g/mol. The van der Waals surface area contributed by atoms with Crippen LogP contribution in [0.15, 0.2) is 0 Å². The number of hydrogen-bond acceptors (Lipinski definition) is 2. The lowest BCUT2D eigenvalue weighted by Crippen LogP contribution is -2.45. The predicted molar refractivity (Wildman–Crippen MR) is 60.6 cm³/mol. The van der Waals surface area contributed by atoms with Gasteiger partial charge in [-0.25, -0.2) is 8.78 Å². The van der Waals surface area contributed by atoms with Crippen molar-refractivity contribution in [3.05, 3.63) is 0 Å². The number of alkyl halides is 2. The van der Waals surface area contributed by atoms with E-state index in [2.05, 4.69) is 13.8 Å². The lowest BCUT2D eigenvalue weighted by atomic mass is 9.69. The molecule has 1 rings (SSSR count). The Morgan fingerprint density at radius 2 is 2.06 bits per heavy atom. The summed E-state index contributed by atoms with van der Waals surface area (Å²) < 4.78 is 24.4. The van der Waals surface area contributed by atoms with Crippen molar-refractivity contribution in [2.45, 2.75) is 45.6 Å². The summed E-state index contributed by atoms with van der Waals surface area (Å²) in [6.07, 6.45) is 0.374. The largest absolute Gasteiger partial charge is 0.392 e. The highest BCUT2D eigenvalue weighted by atomic mass is 19.3. The summed E-state index contributed by atoms with van der Waals surface area (Å²) in [5, 5.41) is 10.2. The van der Waals surface area contributed by atoms with Gasteiger partial charge in [0.05, 0.1) is 12.6 Å². The van der Waals surface area contributed by atoms with E-state index in [4.69, 9.17) is 0 Å². The van der Waals surface area contributed by atoms with Gasteiger partial charge in [-0.2, -0.15) is 0 Å². The van der Waals surface area contributed by atoms with E-state index >= 15 is 0 Å². The fourth-order valence-corrected chi connectivity index (χ4v) is 2.67. The molecule has 96 valence electrons. The van der Waals surface area contributed by atoms with Crippen LogP contribution in [0, 0.1) is 11.3 Å². The second-order valence-electron chi connectivity index (χ2n) is 5.70. The third-order valence-electron chi connectivity index (χ3n) is 3.64. The molecule has 2 unspecified atom stereocenters. The van der Waals surface area contributed by atoms with Gasteiger partial charge < -0.3 is 10.0 Å². The molecule has 0 saturated heterocycles. The predicted octanol–water partition coefficient (Wildman–Crippen LogP) is 2.37. The summed E-state index contributed by atoms with van der Waals surface area (Å²) in [7, 11) is 1.69. The maximum absolute atomic E-state index is 12.2. The van der Waals surface area contributed by atoms with Gasteiger partial charge in [-0.05, 0) is 31.2 Å². The molecule has 0 spiro atoms. The number of nitrogens with zero attached hydrogens (tertiary/aromatic N) is 1. The van der Waals surface area contributed by atoms with Gasteiger partial charge in [-0.3, -0.25) is 0 Å². The Balaban J connectivity index is 2.47. The third-order valence-corrected chi connectivity index (χ3v) is 3.64. The molecule has 0 aromatic rings. The van der Waals surface area contributed by atoms with Gasteiger partial charge in [0.25, 0.3) is 6.43 Å². The van der Waals surface area contributed by atoms with Crippen LogP contribution in [-0.2, 0) is 0 Å². The molecule has 1 saturated carbocycles. The highest BCUT2D eigenvalue weighted by Crippen LogP contribution is 2.39. The molecule has 0 amide bonds. The molecular formula is C12H23F2NO. The zero-order valence-corrected chi connectivity index (χ0v) is 10.4. The van der Waals surface area contributed by atoms with Crippen molar-refractivity contribution in [3.8, 4) is 0 Å². The van der Waals surface area contributed by atoms with Crippen LogP contribution in [0.5, 0.6) is 0 Å². The molecule has 0 bridgehead atoms. The smallest absolute Gasteiger partial charge is 0.251 e. The molecule has 4 heteroatoms. The Morgan fingerprint density at radius 3 is 2.62 bits per heavy atom. The van der Waals surface area contributed by atoms with Crippen LogP contribution in [0.1, 0.15) is 33.1 Å². The highest BCUT2D eigenvalue weighted by Gasteiger charge is 2.37. The lowest BCUT2D eigenvalue weighted by Gasteiger charge is -2.42. The first-order valence-corrected chi connectivity index (χ1v) is 5.97. The molecule has 1 fully saturated rings. The van der Waals surface area contributed by atoms with Gasteiger partial charge in [-0.1, -0.05) is 20.3 Å². The van der Waals surface area contributed by atoms with Gasteiger partial charge in [0.1, 0.15) is 0 Å². The van der Waals surface area contributed by atoms with Crippen molar-refractivity contribution in [1.82, 2.24) is 4.90 Å². The molecule has 0 aromatic carbocycles. The van der Waals surface area contributed by atoms with E-state index < -0.39 is 6.43 Å². The van der Waals surface area contributed by atoms with Crippen LogP contribution in [0.2, 0.25) is 0 Å². The second-order valence-corrected chi connectivity index (χ2v) is 5.70. The van der Waals surface area contributed by atoms with E-state index in [-0.39, 0.29) is 24.0 Å². The lowest BCUT2D eigenvalue weighted by molar-refractivity contribution is -0.0445. The standard InChI is InChI=1S/C12H23F2NO/c1-12(2)6-4-5-9(11(12)16)7-15(3)8-10(13)14/h9-11,16H,4-8H2,1-3H3. The van der Waals surface area contributed by atoms with Gasteiger partial charge >= 0.3 is 0 Å². The van der Waals surface area contributed by atoms with E-state index in [9.17, 15) is 13.9 Å². The van der Waals surface area contributed by atoms with Crippen molar-refractivity contribution in [2.24, 2.45) is 11.3 Å². The average molecular weight is 235 g/mol. The zero-order valence-electron chi connectivity index (χ0n) is 10.4. The van der Waals surface area contributed by atoms with Crippen LogP contribution in [-0.4, -0.2) is 42.7 Å². The fourth-order valence-electron chi connectivity index (χ4n) is 2.67. The van der Waals surface area contributed by atoms with Crippen LogP contribution in [0.25, 0.3) is 0 Å². The molecule has 16 heavy (non-hydrogen) atoms. The zero-order chi connectivity index (χ0) is 12.3. The van der Waals surface area contributed by atoms with Crippen molar-refractivity contribution in [1.29, 1.82) is 0 Å². The number of halogens is 2. The summed E-state index contributed by atoms with van der Waals surface area (Å²) in [5.74, 6) is 0.132. The van der Waals surface area contributed by atoms with Gasteiger partial charge in [0.15, 0.2) is 0 Å². The first-order valence-electron chi connectivity index (χ1n) is 5.97. The number of aliphatic hydroxyl groups is 1. The van der Waals surface area contributed by atoms with Crippen LogP contribution < -0.4 is 0 Å². The minimum absolute atomic E-state index is 0.0748. The Labute approximate surface area is 96.6 Å². The molecule has 0 heterocycles. The maximum Gasteiger partial charge on any atom is 0.251 e. The van der Waals surface area contributed by atoms with E-state index in [0.717, 1.165) is 19.3 Å². The fraction of sp³-hybridized carbons (Fsp3) is 1.00. The normalized spacial score (nSPS) is 30.0. The summed E-state index contributed by atoms with van der Waals surface area (Å²) >= 11 is 0. The summed E-state index contributed by atoms with van der Waals surface area (Å²) in [6.45, 7) is 4.46. The topological polar surface area (TPSA) is 23.5 Å². The first-order chi connectivity index (χ1) is 7.33. The van der Waals surface area contributed by atoms with E-state index in [1.165, 1.54) is 0 Å². The van der Waals surface area contributed by atoms with Crippen molar-refractivity contribution in [3.63, 3.8) is 0 Å². The molecule has 1 aliphatic rings. The Kier molecular flexibility index (Phi) is 4.68. The molecule has 0 radical (unpaired) electrons. The average Bonchev–Trinajstić information content (AvgIpc) is 2.11. The summed E-state index contributed by atoms with van der Waals surface area (Å²) in [6, 6.07) is 0. The third kappa shape index (κ3) is 3.67. The van der Waals surface area contributed by atoms with Crippen molar-refractivity contribution < 1.29 is 13.9 Å². The molecule has 0 aliphatic heterocycles. The first kappa shape index (κ1) is 13.8. The van der Waals surface area contributed by atoms with Crippen LogP contribution in [0.3, 0.4) is 0 Å². The van der Waals surface area contributed by atoms with Crippen molar-refractivity contribution in [2.75, 3.05) is 20.1 Å². The van der Waals surface area contributed by atoms with E-state index in [1.807, 2.05) is 0 Å². The van der Waals surface area contributed by atoms with Crippen LogP contribution >= 0.6 is 0 Å². The second kappa shape index (κ2) is 5.41. The van der Waals surface area contributed by atoms with Gasteiger partial charge in [0.2, 0.25) is 0 Å². The summed E-state index contributed by atoms with van der Waals surface area (Å²) in [4.78, 5) is 1.62. The Morgan fingerprint density at radius 1 is 1.44 bits per heavy atom. The molecule has 1 aliphatic carbocycles. The minimum atomic E-state index is -2.29. The molecule has 0 aromatic heterocycles.